The molecular formula is C14H18Cl2N2S. The van der Waals surface area contributed by atoms with E-state index < -0.39 is 0 Å². The molecule has 19 heavy (non-hydrogen) atoms. The highest BCUT2D eigenvalue weighted by atomic mass is 35.5. The Morgan fingerprint density at radius 1 is 1.21 bits per heavy atom. The molecule has 2 nitrogen and oxygen atoms in total. The lowest BCUT2D eigenvalue weighted by Crippen LogP contribution is -2.39. The Morgan fingerprint density at radius 3 is 2.58 bits per heavy atom. The van der Waals surface area contributed by atoms with Crippen LogP contribution in [0, 0.1) is 5.92 Å². The van der Waals surface area contributed by atoms with Crippen molar-refractivity contribution in [1.82, 2.24) is 5.32 Å². The SMILES string of the molecule is CC1CCC(NC(=S)Nc2cccc(Cl)c2Cl)CC1. The normalized spacial score (nSPS) is 22.9. The minimum absolute atomic E-state index is 0.467. The third-order valence-electron chi connectivity index (χ3n) is 3.55. The van der Waals surface area contributed by atoms with Gasteiger partial charge in [0.05, 0.1) is 15.7 Å². The van der Waals surface area contributed by atoms with Crippen LogP contribution in [0.25, 0.3) is 0 Å². The first kappa shape index (κ1) is 14.9. The topological polar surface area (TPSA) is 24.1 Å². The molecule has 0 saturated heterocycles. The summed E-state index contributed by atoms with van der Waals surface area (Å²) >= 11 is 17.4. The van der Waals surface area contributed by atoms with Crippen molar-refractivity contribution in [3.8, 4) is 0 Å². The van der Waals surface area contributed by atoms with Crippen LogP contribution in [0.1, 0.15) is 32.6 Å². The van der Waals surface area contributed by atoms with Crippen molar-refractivity contribution in [3.63, 3.8) is 0 Å². The maximum absolute atomic E-state index is 6.12. The highest BCUT2D eigenvalue weighted by Crippen LogP contribution is 2.29. The first-order valence-electron chi connectivity index (χ1n) is 6.58. The lowest BCUT2D eigenvalue weighted by atomic mass is 9.87. The van der Waals surface area contributed by atoms with Gasteiger partial charge in [0, 0.05) is 6.04 Å². The van der Waals surface area contributed by atoms with E-state index in [1.807, 2.05) is 12.1 Å². The molecule has 0 aromatic heterocycles. The molecule has 0 radical (unpaired) electrons. The molecule has 0 bridgehead atoms. The Kier molecular flexibility index (Phi) is 5.31. The van der Waals surface area contributed by atoms with Crippen LogP contribution in [0.2, 0.25) is 10.0 Å². The van der Waals surface area contributed by atoms with Gasteiger partial charge in [0.25, 0.3) is 0 Å². The van der Waals surface area contributed by atoms with Gasteiger partial charge < -0.3 is 10.6 Å². The molecule has 1 saturated carbocycles. The molecule has 0 heterocycles. The Hall–Kier alpha value is -0.510. The summed E-state index contributed by atoms with van der Waals surface area (Å²) in [6, 6.07) is 5.94. The summed E-state index contributed by atoms with van der Waals surface area (Å²) in [5.41, 5.74) is 0.746. The van der Waals surface area contributed by atoms with Crippen molar-refractivity contribution in [2.24, 2.45) is 5.92 Å². The van der Waals surface area contributed by atoms with Crippen LogP contribution in [0.4, 0.5) is 5.69 Å². The summed E-state index contributed by atoms with van der Waals surface area (Å²) < 4.78 is 0. The maximum atomic E-state index is 6.12. The second-order valence-corrected chi connectivity index (χ2v) is 6.35. The van der Waals surface area contributed by atoms with Crippen LogP contribution in [-0.4, -0.2) is 11.2 Å². The number of hydrogen-bond acceptors (Lipinski definition) is 1. The predicted octanol–water partition coefficient (Wildman–Crippen LogP) is 4.86. The zero-order valence-electron chi connectivity index (χ0n) is 10.9. The van der Waals surface area contributed by atoms with Gasteiger partial charge in [-0.05, 0) is 56.0 Å². The smallest absolute Gasteiger partial charge is 0.171 e. The number of anilines is 1. The van der Waals surface area contributed by atoms with Crippen molar-refractivity contribution >= 4 is 46.2 Å². The Bertz CT molecular complexity index is 457. The van der Waals surface area contributed by atoms with Gasteiger partial charge in [-0.3, -0.25) is 0 Å². The van der Waals surface area contributed by atoms with E-state index in [1.165, 1.54) is 25.7 Å². The standard InChI is InChI=1S/C14H18Cl2N2S/c1-9-5-7-10(8-6-9)17-14(19)18-12-4-2-3-11(15)13(12)16/h2-4,9-10H,5-8H2,1H3,(H2,17,18,19). The van der Waals surface area contributed by atoms with E-state index in [0.29, 0.717) is 21.2 Å². The zero-order chi connectivity index (χ0) is 13.8. The molecule has 0 atom stereocenters. The summed E-state index contributed by atoms with van der Waals surface area (Å²) in [6.07, 6.45) is 4.87. The van der Waals surface area contributed by atoms with Crippen molar-refractivity contribution < 1.29 is 0 Å². The lowest BCUT2D eigenvalue weighted by molar-refractivity contribution is 0.332. The van der Waals surface area contributed by atoms with Crippen molar-refractivity contribution in [2.45, 2.75) is 38.6 Å². The summed E-state index contributed by atoms with van der Waals surface area (Å²) in [6.45, 7) is 2.30. The van der Waals surface area contributed by atoms with Gasteiger partial charge >= 0.3 is 0 Å². The number of halogens is 2. The van der Waals surface area contributed by atoms with Crippen LogP contribution in [0.3, 0.4) is 0 Å². The van der Waals surface area contributed by atoms with Gasteiger partial charge in [-0.15, -0.1) is 0 Å². The molecule has 0 unspecified atom stereocenters. The first-order chi connectivity index (χ1) is 9.06. The van der Waals surface area contributed by atoms with Crippen LogP contribution in [-0.2, 0) is 0 Å². The second-order valence-electron chi connectivity index (χ2n) is 5.16. The van der Waals surface area contributed by atoms with Crippen LogP contribution in [0.5, 0.6) is 0 Å². The molecule has 5 heteroatoms. The molecule has 104 valence electrons. The van der Waals surface area contributed by atoms with Crippen molar-refractivity contribution in [2.75, 3.05) is 5.32 Å². The Morgan fingerprint density at radius 2 is 1.89 bits per heavy atom. The van der Waals surface area contributed by atoms with E-state index in [4.69, 9.17) is 35.4 Å². The number of benzene rings is 1. The van der Waals surface area contributed by atoms with E-state index in [1.54, 1.807) is 6.07 Å². The van der Waals surface area contributed by atoms with Gasteiger partial charge in [-0.1, -0.05) is 36.2 Å². The maximum Gasteiger partial charge on any atom is 0.171 e. The monoisotopic (exact) mass is 316 g/mol. The molecule has 0 spiro atoms. The van der Waals surface area contributed by atoms with E-state index in [2.05, 4.69) is 17.6 Å². The van der Waals surface area contributed by atoms with Crippen LogP contribution < -0.4 is 10.6 Å². The third-order valence-corrected chi connectivity index (χ3v) is 4.59. The largest absolute Gasteiger partial charge is 0.360 e. The quantitative estimate of drug-likeness (QED) is 0.762. The van der Waals surface area contributed by atoms with E-state index in [9.17, 15) is 0 Å². The number of hydrogen-bond donors (Lipinski definition) is 2. The van der Waals surface area contributed by atoms with Crippen molar-refractivity contribution in [1.29, 1.82) is 0 Å². The predicted molar refractivity (Wildman–Crippen MR) is 87.2 cm³/mol. The van der Waals surface area contributed by atoms with Crippen molar-refractivity contribution in [3.05, 3.63) is 28.2 Å². The van der Waals surface area contributed by atoms with Crippen LogP contribution in [0.15, 0.2) is 18.2 Å². The fourth-order valence-corrected chi connectivity index (χ4v) is 2.97. The molecule has 1 aliphatic carbocycles. The summed E-state index contributed by atoms with van der Waals surface area (Å²) in [7, 11) is 0. The molecule has 1 fully saturated rings. The average Bonchev–Trinajstić information content (AvgIpc) is 2.38. The first-order valence-corrected chi connectivity index (χ1v) is 7.74. The summed E-state index contributed by atoms with van der Waals surface area (Å²) in [4.78, 5) is 0. The molecule has 1 aromatic carbocycles. The number of nitrogens with one attached hydrogen (secondary N) is 2. The van der Waals surface area contributed by atoms with Gasteiger partial charge in [0.1, 0.15) is 0 Å². The molecule has 2 rings (SSSR count). The Labute approximate surface area is 129 Å². The fourth-order valence-electron chi connectivity index (χ4n) is 2.35. The van der Waals surface area contributed by atoms with Gasteiger partial charge in [-0.25, -0.2) is 0 Å². The van der Waals surface area contributed by atoms with Gasteiger partial charge in [0.2, 0.25) is 0 Å². The second kappa shape index (κ2) is 6.78. The minimum Gasteiger partial charge on any atom is -0.360 e. The summed E-state index contributed by atoms with van der Waals surface area (Å²) in [5, 5.41) is 8.12. The molecule has 2 N–H and O–H groups in total. The highest BCUT2D eigenvalue weighted by Gasteiger charge is 2.18. The van der Waals surface area contributed by atoms with E-state index in [0.717, 1.165) is 11.6 Å². The fraction of sp³-hybridized carbons (Fsp3) is 0.500. The molecule has 0 aliphatic heterocycles. The average molecular weight is 317 g/mol. The zero-order valence-corrected chi connectivity index (χ0v) is 13.2. The third kappa shape index (κ3) is 4.23. The highest BCUT2D eigenvalue weighted by molar-refractivity contribution is 7.80. The number of thiocarbonyl (C=S) groups is 1. The van der Waals surface area contributed by atoms with Crippen LogP contribution >= 0.6 is 35.4 Å². The van der Waals surface area contributed by atoms with Gasteiger partial charge in [0.15, 0.2) is 5.11 Å². The van der Waals surface area contributed by atoms with E-state index in [-0.39, 0.29) is 0 Å². The lowest BCUT2D eigenvalue weighted by Gasteiger charge is -2.28. The number of rotatable bonds is 2. The van der Waals surface area contributed by atoms with Gasteiger partial charge in [-0.2, -0.15) is 0 Å². The molecule has 1 aromatic rings. The molecule has 1 aliphatic rings. The molecular weight excluding hydrogens is 299 g/mol. The minimum atomic E-state index is 0.467. The molecule has 0 amide bonds. The Balaban J connectivity index is 1.89. The summed E-state index contributed by atoms with van der Waals surface area (Å²) in [5.74, 6) is 0.835. The van der Waals surface area contributed by atoms with E-state index >= 15 is 0 Å².